The normalized spacial score (nSPS) is 9.47. The third-order valence-corrected chi connectivity index (χ3v) is 4.50. The van der Waals surface area contributed by atoms with Crippen molar-refractivity contribution in [2.24, 2.45) is 0 Å². The van der Waals surface area contributed by atoms with Crippen LogP contribution in [0.4, 0.5) is 0 Å². The second-order valence-electron chi connectivity index (χ2n) is 3.69. The Bertz CT molecular complexity index is 515. The molecule has 0 bridgehead atoms. The second kappa shape index (κ2) is 6.51. The van der Waals surface area contributed by atoms with E-state index in [1.165, 1.54) is 9.17 Å². The van der Waals surface area contributed by atoms with Gasteiger partial charge in [0.2, 0.25) is 0 Å². The van der Waals surface area contributed by atoms with E-state index in [-0.39, 0.29) is 20.9 Å². The number of hydrogen-bond donors (Lipinski definition) is 0. The van der Waals surface area contributed by atoms with Gasteiger partial charge < -0.3 is 0 Å². The average Bonchev–Trinajstić information content (AvgIpc) is 2.41. The molecule has 0 aromatic heterocycles. The molecule has 0 heterocycles. The maximum atomic E-state index is 3.34. The molecule has 0 saturated heterocycles. The van der Waals surface area contributed by atoms with Gasteiger partial charge in [0.15, 0.2) is 0 Å². The topological polar surface area (TPSA) is 0 Å². The third-order valence-electron chi connectivity index (χ3n) is 2.47. The predicted molar refractivity (Wildman–Crippen MR) is 74.5 cm³/mol. The van der Waals surface area contributed by atoms with Gasteiger partial charge in [-0.25, -0.2) is 0 Å². The first-order valence-electron chi connectivity index (χ1n) is 5.70. The van der Waals surface area contributed by atoms with Crippen LogP contribution in [0.1, 0.15) is 18.1 Å². The third kappa shape index (κ3) is 3.94. The summed E-state index contributed by atoms with van der Waals surface area (Å²) in [5, 5.41) is 0. The van der Waals surface area contributed by atoms with E-state index in [1.54, 1.807) is 0 Å². The zero-order valence-electron chi connectivity index (χ0n) is 9.81. The van der Waals surface area contributed by atoms with Crippen LogP contribution in [0.2, 0.25) is 0 Å². The van der Waals surface area contributed by atoms with Crippen molar-refractivity contribution < 1.29 is 0 Å². The molecule has 0 unspecified atom stereocenters. The van der Waals surface area contributed by atoms with Gasteiger partial charge in [-0.1, -0.05) is 0 Å². The molecule has 0 N–H and O–H groups in total. The molecular weight excluding hydrogens is 320 g/mol. The molecule has 17 heavy (non-hydrogen) atoms. The van der Waals surface area contributed by atoms with E-state index in [1.807, 2.05) is 6.07 Å². The summed E-state index contributed by atoms with van der Waals surface area (Å²) in [5.41, 5.74) is 2.50. The van der Waals surface area contributed by atoms with Crippen LogP contribution in [-0.2, 0) is 6.42 Å². The van der Waals surface area contributed by atoms with E-state index < -0.39 is 0 Å². The maximum absolute atomic E-state index is 3.34. The Morgan fingerprint density at radius 3 is 2.29 bits per heavy atom. The van der Waals surface area contributed by atoms with Crippen molar-refractivity contribution in [3.63, 3.8) is 0 Å². The van der Waals surface area contributed by atoms with Gasteiger partial charge in [-0.3, -0.25) is 0 Å². The molecule has 0 aliphatic rings. The number of hydrogen-bond acceptors (Lipinski definition) is 0. The van der Waals surface area contributed by atoms with Crippen molar-refractivity contribution in [1.29, 1.82) is 0 Å². The van der Waals surface area contributed by atoms with Crippen LogP contribution >= 0.6 is 0 Å². The van der Waals surface area contributed by atoms with Gasteiger partial charge in [-0.05, 0) is 0 Å². The van der Waals surface area contributed by atoms with Crippen LogP contribution < -0.4 is 3.61 Å². The molecule has 0 atom stereocenters. The molecule has 0 aliphatic carbocycles. The molecule has 0 aliphatic heterocycles. The Kier molecular flexibility index (Phi) is 4.69. The van der Waals surface area contributed by atoms with Gasteiger partial charge in [-0.2, -0.15) is 0 Å². The van der Waals surface area contributed by atoms with Gasteiger partial charge in [0.25, 0.3) is 0 Å². The van der Waals surface area contributed by atoms with Gasteiger partial charge in [0.1, 0.15) is 0 Å². The Hall–Kier alpha value is -1.21. The minimum atomic E-state index is -0.351. The summed E-state index contributed by atoms with van der Waals surface area (Å²) >= 11 is -0.351. The minimum absolute atomic E-state index is 0.351. The van der Waals surface area contributed by atoms with E-state index in [4.69, 9.17) is 0 Å². The fourth-order valence-electron chi connectivity index (χ4n) is 1.46. The summed E-state index contributed by atoms with van der Waals surface area (Å²) in [6, 6.07) is 19.1. The molecule has 0 amide bonds. The van der Waals surface area contributed by atoms with Crippen molar-refractivity contribution in [2.45, 2.75) is 13.3 Å². The van der Waals surface area contributed by atoms with Crippen LogP contribution in [-0.4, -0.2) is 20.9 Å². The predicted octanol–water partition coefficient (Wildman–Crippen LogP) is 2.59. The van der Waals surface area contributed by atoms with Gasteiger partial charge in [0.05, 0.1) is 0 Å². The Morgan fingerprint density at radius 1 is 0.941 bits per heavy atom. The molecule has 2 aromatic rings. The molecule has 2 aromatic carbocycles. The van der Waals surface area contributed by atoms with Crippen LogP contribution in [0.3, 0.4) is 0 Å². The number of aryl methyl sites for hydroxylation is 1. The molecule has 84 valence electrons. The molecule has 0 spiro atoms. The summed E-state index contributed by atoms with van der Waals surface area (Å²) in [6.45, 7) is 2.17. The first kappa shape index (κ1) is 12.3. The quantitative estimate of drug-likeness (QED) is 0.585. The molecule has 0 nitrogen and oxygen atoms in total. The summed E-state index contributed by atoms with van der Waals surface area (Å²) in [7, 11) is 0. The fraction of sp³-hybridized carbons (Fsp3) is 0.125. The Labute approximate surface area is 113 Å². The zero-order chi connectivity index (χ0) is 11.9. The van der Waals surface area contributed by atoms with Crippen LogP contribution in [0, 0.1) is 9.89 Å². The SMILES string of the molecule is CCc1ccc(C#C[Te]c2ccccc2)cc1. The molecule has 2 rings (SSSR count). The Balaban J connectivity index is 2.01. The van der Waals surface area contributed by atoms with E-state index >= 15 is 0 Å². The molecule has 0 saturated carbocycles. The first-order chi connectivity index (χ1) is 8.38. The standard InChI is InChI=1S/C16H14Te/c1-2-14-8-10-15(11-9-14)12-13-17-16-6-4-3-5-7-16/h3-11H,2H2,1H3. The number of benzene rings is 2. The van der Waals surface area contributed by atoms with Crippen molar-refractivity contribution in [3.8, 4) is 9.89 Å². The van der Waals surface area contributed by atoms with E-state index in [0.717, 1.165) is 12.0 Å². The van der Waals surface area contributed by atoms with Crippen LogP contribution in [0.15, 0.2) is 54.6 Å². The van der Waals surface area contributed by atoms with E-state index in [9.17, 15) is 0 Å². The van der Waals surface area contributed by atoms with Crippen molar-refractivity contribution >= 4 is 24.5 Å². The van der Waals surface area contributed by atoms with Crippen LogP contribution in [0.25, 0.3) is 0 Å². The van der Waals surface area contributed by atoms with E-state index in [0.29, 0.717) is 0 Å². The second-order valence-corrected chi connectivity index (χ2v) is 6.20. The molecule has 0 radical (unpaired) electrons. The zero-order valence-corrected chi connectivity index (χ0v) is 12.1. The van der Waals surface area contributed by atoms with Gasteiger partial charge in [-0.15, -0.1) is 0 Å². The summed E-state index contributed by atoms with van der Waals surface area (Å²) in [6.07, 6.45) is 1.09. The summed E-state index contributed by atoms with van der Waals surface area (Å²) in [4.78, 5) is 0. The monoisotopic (exact) mass is 336 g/mol. The average molecular weight is 334 g/mol. The van der Waals surface area contributed by atoms with Crippen molar-refractivity contribution in [3.05, 3.63) is 65.7 Å². The van der Waals surface area contributed by atoms with Gasteiger partial charge >= 0.3 is 113 Å². The fourth-order valence-corrected chi connectivity index (χ4v) is 3.11. The van der Waals surface area contributed by atoms with E-state index in [2.05, 4.69) is 65.3 Å². The van der Waals surface area contributed by atoms with Crippen molar-refractivity contribution in [2.75, 3.05) is 0 Å². The molecule has 1 heteroatoms. The summed E-state index contributed by atoms with van der Waals surface area (Å²) in [5.74, 6) is 3.25. The van der Waals surface area contributed by atoms with Crippen molar-refractivity contribution in [1.82, 2.24) is 0 Å². The molecule has 0 fully saturated rings. The summed E-state index contributed by atoms with van der Waals surface area (Å²) < 4.78 is 4.73. The van der Waals surface area contributed by atoms with Crippen LogP contribution in [0.5, 0.6) is 0 Å². The first-order valence-corrected chi connectivity index (χ1v) is 8.03. The van der Waals surface area contributed by atoms with Gasteiger partial charge in [0, 0.05) is 0 Å². The Morgan fingerprint density at radius 2 is 1.65 bits per heavy atom. The number of rotatable bonds is 2. The molecular formula is C16H14Te.